The number of hydrogen-bond acceptors (Lipinski definition) is 5. The molecule has 0 bridgehead atoms. The number of nitrogens with zero attached hydrogens (tertiary/aromatic N) is 2. The van der Waals surface area contributed by atoms with Gasteiger partial charge in [0.05, 0.1) is 12.0 Å². The molecule has 4 atom stereocenters. The van der Waals surface area contributed by atoms with E-state index in [1.807, 2.05) is 22.9 Å². The largest absolute Gasteiger partial charge is 0.481 e. The molecule has 1 saturated carbocycles. The molecule has 8 heteroatoms. The van der Waals surface area contributed by atoms with Gasteiger partial charge in [-0.25, -0.2) is 4.98 Å². The molecule has 1 fully saturated rings. The summed E-state index contributed by atoms with van der Waals surface area (Å²) in [5.74, 6) is -1.77. The highest BCUT2D eigenvalue weighted by Crippen LogP contribution is 2.41. The third-order valence-electron chi connectivity index (χ3n) is 6.42. The van der Waals surface area contributed by atoms with Gasteiger partial charge in [-0.15, -0.1) is 0 Å². The molecule has 1 unspecified atom stereocenters. The van der Waals surface area contributed by atoms with Gasteiger partial charge in [0.1, 0.15) is 11.8 Å². The van der Waals surface area contributed by atoms with Crippen molar-refractivity contribution in [2.75, 3.05) is 0 Å². The van der Waals surface area contributed by atoms with Gasteiger partial charge in [-0.1, -0.05) is 50.5 Å². The standard InChI is InChI=1S/C26H39N3O5/c1-2-3-4-5-6-9-12-20-21(13-10-7-8-11-14-25(31)32)24(30)16-23(20)29-17-19(28-18-29)15-22(27)26(33)34/h7,9-10,12,17-18,20-23H,2-6,8,11,13-16,27H2,1H3,(H,31,32)(H,33,34)/b10-7-,12-9+/t20-,21-,22+,23?/m1/s1. The minimum Gasteiger partial charge on any atom is -0.481 e. The summed E-state index contributed by atoms with van der Waals surface area (Å²) in [4.78, 5) is 39.0. The minimum atomic E-state index is -1.07. The number of carbonyl (C=O) groups is 3. The summed E-state index contributed by atoms with van der Waals surface area (Å²) in [7, 11) is 0. The average molecular weight is 474 g/mol. The zero-order chi connectivity index (χ0) is 24.9. The number of Topliss-reactive ketones (excluding diaryl/α,β-unsaturated/α-hetero) is 1. The third kappa shape index (κ3) is 8.89. The molecule has 0 radical (unpaired) electrons. The first-order valence-corrected chi connectivity index (χ1v) is 12.4. The molecule has 4 N–H and O–H groups in total. The third-order valence-corrected chi connectivity index (χ3v) is 6.42. The van der Waals surface area contributed by atoms with Gasteiger partial charge in [-0.2, -0.15) is 0 Å². The first kappa shape index (κ1) is 27.5. The number of imidazole rings is 1. The predicted octanol–water partition coefficient (Wildman–Crippen LogP) is 4.31. The zero-order valence-electron chi connectivity index (χ0n) is 20.1. The van der Waals surface area contributed by atoms with Crippen LogP contribution in [0.4, 0.5) is 0 Å². The van der Waals surface area contributed by atoms with E-state index >= 15 is 0 Å². The molecule has 2 rings (SSSR count). The van der Waals surface area contributed by atoms with E-state index in [-0.39, 0.29) is 36.5 Å². The van der Waals surface area contributed by atoms with E-state index in [0.717, 1.165) is 12.8 Å². The van der Waals surface area contributed by atoms with Crippen molar-refractivity contribution in [2.24, 2.45) is 17.6 Å². The second-order valence-corrected chi connectivity index (χ2v) is 9.15. The molecule has 0 aromatic carbocycles. The van der Waals surface area contributed by atoms with Crippen molar-refractivity contribution in [3.8, 4) is 0 Å². The van der Waals surface area contributed by atoms with Crippen LogP contribution >= 0.6 is 0 Å². The molecule has 8 nitrogen and oxygen atoms in total. The molecule has 0 amide bonds. The molecule has 0 aliphatic heterocycles. The van der Waals surface area contributed by atoms with Crippen molar-refractivity contribution in [2.45, 2.75) is 89.6 Å². The number of nitrogens with two attached hydrogens (primary N) is 1. The van der Waals surface area contributed by atoms with Gasteiger partial charge < -0.3 is 20.5 Å². The number of unbranched alkanes of at least 4 members (excludes halogenated alkanes) is 5. The van der Waals surface area contributed by atoms with Gasteiger partial charge in [0.25, 0.3) is 0 Å². The minimum absolute atomic E-state index is 0.0255. The lowest BCUT2D eigenvalue weighted by Gasteiger charge is -2.21. The highest BCUT2D eigenvalue weighted by atomic mass is 16.4. The monoisotopic (exact) mass is 473 g/mol. The van der Waals surface area contributed by atoms with E-state index in [9.17, 15) is 14.4 Å². The summed E-state index contributed by atoms with van der Waals surface area (Å²) >= 11 is 0. The van der Waals surface area contributed by atoms with Crippen molar-refractivity contribution < 1.29 is 24.6 Å². The Kier molecular flexibility index (Phi) is 11.7. The fourth-order valence-electron chi connectivity index (χ4n) is 4.48. The number of allylic oxidation sites excluding steroid dienone is 4. The zero-order valence-corrected chi connectivity index (χ0v) is 20.1. The Morgan fingerprint density at radius 2 is 1.94 bits per heavy atom. The van der Waals surface area contributed by atoms with Crippen molar-refractivity contribution in [3.05, 3.63) is 42.5 Å². The van der Waals surface area contributed by atoms with Crippen molar-refractivity contribution in [1.82, 2.24) is 9.55 Å². The Labute approximate surface area is 201 Å². The van der Waals surface area contributed by atoms with Crippen LogP contribution in [-0.4, -0.2) is 43.5 Å². The maximum absolute atomic E-state index is 12.9. The van der Waals surface area contributed by atoms with Crippen LogP contribution in [0.25, 0.3) is 0 Å². The Balaban J connectivity index is 2.09. The van der Waals surface area contributed by atoms with E-state index in [1.54, 1.807) is 6.33 Å². The quantitative estimate of drug-likeness (QED) is 0.240. The average Bonchev–Trinajstić information content (AvgIpc) is 3.37. The molecule has 34 heavy (non-hydrogen) atoms. The van der Waals surface area contributed by atoms with E-state index in [2.05, 4.69) is 24.1 Å². The van der Waals surface area contributed by atoms with E-state index in [0.29, 0.717) is 31.4 Å². The van der Waals surface area contributed by atoms with Crippen LogP contribution in [0.3, 0.4) is 0 Å². The van der Waals surface area contributed by atoms with E-state index in [4.69, 9.17) is 15.9 Å². The number of hydrogen-bond donors (Lipinski definition) is 3. The highest BCUT2D eigenvalue weighted by Gasteiger charge is 2.41. The second-order valence-electron chi connectivity index (χ2n) is 9.15. The second kappa shape index (κ2) is 14.5. The molecule has 0 saturated heterocycles. The molecule has 1 heterocycles. The lowest BCUT2D eigenvalue weighted by Crippen LogP contribution is -2.32. The molecule has 0 spiro atoms. The first-order chi connectivity index (χ1) is 16.3. The summed E-state index contributed by atoms with van der Waals surface area (Å²) in [5, 5.41) is 17.8. The number of aromatic nitrogens is 2. The molecular formula is C26H39N3O5. The number of rotatable bonds is 16. The Morgan fingerprint density at radius 1 is 1.18 bits per heavy atom. The Morgan fingerprint density at radius 3 is 2.65 bits per heavy atom. The summed E-state index contributed by atoms with van der Waals surface area (Å²) < 4.78 is 1.93. The van der Waals surface area contributed by atoms with E-state index < -0.39 is 18.0 Å². The molecule has 1 aromatic heterocycles. The van der Waals surface area contributed by atoms with Crippen molar-refractivity contribution in [1.29, 1.82) is 0 Å². The highest BCUT2D eigenvalue weighted by molar-refractivity contribution is 5.84. The van der Waals surface area contributed by atoms with Crippen molar-refractivity contribution in [3.63, 3.8) is 0 Å². The summed E-state index contributed by atoms with van der Waals surface area (Å²) in [6.07, 6.45) is 20.1. The SMILES string of the molecule is CCCCCC/C=C/[C@H]1C(n2cnc(C[C@H](N)C(=O)O)c2)CC(=O)[C@@H]1C/C=C\CCCC(=O)O. The molecule has 1 aliphatic carbocycles. The van der Waals surface area contributed by atoms with Crippen LogP contribution in [0.1, 0.15) is 82.9 Å². The normalized spacial score (nSPS) is 21.6. The van der Waals surface area contributed by atoms with Gasteiger partial charge in [0.2, 0.25) is 0 Å². The summed E-state index contributed by atoms with van der Waals surface area (Å²) in [6, 6.07) is -1.07. The Bertz CT molecular complexity index is 860. The number of ketones is 1. The maximum Gasteiger partial charge on any atom is 0.320 e. The number of aliphatic carboxylic acids is 2. The van der Waals surface area contributed by atoms with E-state index in [1.165, 1.54) is 19.3 Å². The van der Waals surface area contributed by atoms with Gasteiger partial charge >= 0.3 is 11.9 Å². The van der Waals surface area contributed by atoms with Crippen LogP contribution in [0, 0.1) is 11.8 Å². The number of carbonyl (C=O) groups excluding carboxylic acids is 1. The lowest BCUT2D eigenvalue weighted by molar-refractivity contribution is -0.139. The number of carboxylic acid groups (broad SMARTS) is 2. The van der Waals surface area contributed by atoms with Crippen LogP contribution in [0.5, 0.6) is 0 Å². The van der Waals surface area contributed by atoms with Gasteiger partial charge in [0.15, 0.2) is 0 Å². The smallest absolute Gasteiger partial charge is 0.320 e. The van der Waals surface area contributed by atoms with Gasteiger partial charge in [-0.3, -0.25) is 14.4 Å². The van der Waals surface area contributed by atoms with Gasteiger partial charge in [-0.05, 0) is 32.1 Å². The lowest BCUT2D eigenvalue weighted by atomic mass is 9.89. The molecule has 188 valence electrons. The summed E-state index contributed by atoms with van der Waals surface area (Å²) in [6.45, 7) is 2.19. The predicted molar refractivity (Wildman–Crippen MR) is 130 cm³/mol. The first-order valence-electron chi connectivity index (χ1n) is 12.4. The van der Waals surface area contributed by atoms with Gasteiger partial charge in [0, 0.05) is 43.3 Å². The molecule has 1 aromatic rings. The maximum atomic E-state index is 12.9. The summed E-state index contributed by atoms with van der Waals surface area (Å²) in [5.41, 5.74) is 6.25. The topological polar surface area (TPSA) is 136 Å². The van der Waals surface area contributed by atoms with Crippen LogP contribution in [0.15, 0.2) is 36.8 Å². The van der Waals surface area contributed by atoms with Crippen LogP contribution < -0.4 is 5.73 Å². The fourth-order valence-corrected chi connectivity index (χ4v) is 4.48. The van der Waals surface area contributed by atoms with Crippen LogP contribution in [0.2, 0.25) is 0 Å². The molecule has 1 aliphatic rings. The Hall–Kier alpha value is -2.74. The van der Waals surface area contributed by atoms with Crippen LogP contribution in [-0.2, 0) is 20.8 Å². The fraction of sp³-hybridized carbons (Fsp3) is 0.615. The molecular weight excluding hydrogens is 434 g/mol. The van der Waals surface area contributed by atoms with Crippen molar-refractivity contribution >= 4 is 17.7 Å². The number of carboxylic acids is 2.